The monoisotopic (exact) mass is 483 g/mol. The average molecular weight is 483 g/mol. The van der Waals surface area contributed by atoms with Gasteiger partial charge in [-0.1, -0.05) is 18.2 Å². The lowest BCUT2D eigenvalue weighted by molar-refractivity contribution is -0.386. The average Bonchev–Trinajstić information content (AvgIpc) is 2.81. The van der Waals surface area contributed by atoms with Gasteiger partial charge in [-0.25, -0.2) is 4.79 Å². The molecule has 3 N–H and O–H groups in total. The second-order valence-corrected chi connectivity index (χ2v) is 6.82. The minimum atomic E-state index is -1.14. The molecule has 3 aromatic rings. The van der Waals surface area contributed by atoms with E-state index in [4.69, 9.17) is 9.47 Å². The Labute approximate surface area is 195 Å². The number of H-pyrrole nitrogens is 2. The van der Waals surface area contributed by atoms with E-state index < -0.39 is 39.3 Å². The van der Waals surface area contributed by atoms with E-state index in [0.29, 0.717) is 5.56 Å². The maximum Gasteiger partial charge on any atom is 0.357 e. The van der Waals surface area contributed by atoms with Crippen molar-refractivity contribution in [3.05, 3.63) is 94.8 Å². The number of rotatable bonds is 9. The van der Waals surface area contributed by atoms with E-state index in [1.807, 2.05) is 0 Å². The number of aromatic nitrogens is 2. The van der Waals surface area contributed by atoms with Crippen LogP contribution in [0.25, 0.3) is 12.2 Å². The standard InChI is InChI=1S/C21H17N5O9/c1-34-17-9-12(5-7-15-19(26(32)33)20(28)24-21(29)23-15)6-8-16(17)35-11-18(27)22-13-3-2-4-14(10-13)25(30)31/h2-10H,11H2,1H3,(H,22,27)(H2,23,24,28,29)/b7-5+. The quantitative estimate of drug-likeness (QED) is 0.301. The first-order valence-electron chi connectivity index (χ1n) is 9.72. The van der Waals surface area contributed by atoms with Gasteiger partial charge >= 0.3 is 16.9 Å². The number of hydrogen-bond donors (Lipinski definition) is 3. The van der Waals surface area contributed by atoms with Crippen LogP contribution in [0.2, 0.25) is 0 Å². The molecule has 35 heavy (non-hydrogen) atoms. The molecule has 0 saturated carbocycles. The predicted octanol–water partition coefficient (Wildman–Crippen LogP) is 2.08. The van der Waals surface area contributed by atoms with E-state index in [-0.39, 0.29) is 28.6 Å². The molecule has 0 bridgehead atoms. The molecule has 1 heterocycles. The van der Waals surface area contributed by atoms with Crippen molar-refractivity contribution in [1.82, 2.24) is 9.97 Å². The number of carbonyl (C=O) groups excluding carboxylic acids is 1. The number of nitrogens with zero attached hydrogens (tertiary/aromatic N) is 2. The van der Waals surface area contributed by atoms with Crippen molar-refractivity contribution in [2.24, 2.45) is 0 Å². The fourth-order valence-corrected chi connectivity index (χ4v) is 2.92. The number of carbonyl (C=O) groups is 1. The number of ether oxygens (including phenoxy) is 2. The molecule has 0 spiro atoms. The Kier molecular flexibility index (Phi) is 7.36. The Balaban J connectivity index is 1.72. The smallest absolute Gasteiger partial charge is 0.357 e. The second kappa shape index (κ2) is 10.6. The first-order valence-corrected chi connectivity index (χ1v) is 9.72. The summed E-state index contributed by atoms with van der Waals surface area (Å²) in [5, 5.41) is 24.5. The van der Waals surface area contributed by atoms with Gasteiger partial charge in [-0.2, -0.15) is 0 Å². The topological polar surface area (TPSA) is 200 Å². The number of anilines is 1. The molecule has 0 radical (unpaired) electrons. The number of aromatic amines is 2. The van der Waals surface area contributed by atoms with Crippen LogP contribution < -0.4 is 26.0 Å². The summed E-state index contributed by atoms with van der Waals surface area (Å²) in [7, 11) is 1.36. The molecular weight excluding hydrogens is 466 g/mol. The van der Waals surface area contributed by atoms with Crippen LogP contribution >= 0.6 is 0 Å². The number of hydrogen-bond acceptors (Lipinski definition) is 9. The zero-order chi connectivity index (χ0) is 25.5. The van der Waals surface area contributed by atoms with Gasteiger partial charge in [0.15, 0.2) is 18.1 Å². The molecule has 0 aliphatic carbocycles. The summed E-state index contributed by atoms with van der Waals surface area (Å²) in [6, 6.07) is 9.94. The highest BCUT2D eigenvalue weighted by molar-refractivity contribution is 5.92. The third kappa shape index (κ3) is 6.16. The molecular formula is C21H17N5O9. The number of nitro groups is 2. The molecule has 0 atom stereocenters. The number of amides is 1. The van der Waals surface area contributed by atoms with Crippen LogP contribution in [0, 0.1) is 20.2 Å². The molecule has 0 unspecified atom stereocenters. The number of non-ortho nitro benzene ring substituents is 1. The Bertz CT molecular complexity index is 1440. The Morgan fingerprint density at radius 2 is 1.80 bits per heavy atom. The lowest BCUT2D eigenvalue weighted by atomic mass is 10.1. The first kappa shape index (κ1) is 24.4. The van der Waals surface area contributed by atoms with Crippen LogP contribution in [0.5, 0.6) is 11.5 Å². The van der Waals surface area contributed by atoms with Crippen LogP contribution in [0.15, 0.2) is 52.1 Å². The highest BCUT2D eigenvalue weighted by Crippen LogP contribution is 2.29. The summed E-state index contributed by atoms with van der Waals surface area (Å²) in [4.78, 5) is 59.8. The van der Waals surface area contributed by atoms with E-state index in [9.17, 15) is 34.6 Å². The number of nitrogens with one attached hydrogen (secondary N) is 3. The van der Waals surface area contributed by atoms with Gasteiger partial charge in [0.05, 0.1) is 17.0 Å². The van der Waals surface area contributed by atoms with Crippen molar-refractivity contribution in [2.75, 3.05) is 19.0 Å². The third-order valence-electron chi connectivity index (χ3n) is 4.46. The van der Waals surface area contributed by atoms with Crippen molar-refractivity contribution in [3.8, 4) is 11.5 Å². The van der Waals surface area contributed by atoms with E-state index in [1.54, 1.807) is 11.1 Å². The summed E-state index contributed by atoms with van der Waals surface area (Å²) in [5.41, 5.74) is -2.61. The minimum absolute atomic E-state index is 0.177. The van der Waals surface area contributed by atoms with E-state index in [0.717, 1.165) is 0 Å². The normalized spacial score (nSPS) is 10.7. The Hall–Kier alpha value is -5.27. The van der Waals surface area contributed by atoms with Crippen molar-refractivity contribution in [2.45, 2.75) is 0 Å². The van der Waals surface area contributed by atoms with Crippen molar-refractivity contribution in [3.63, 3.8) is 0 Å². The minimum Gasteiger partial charge on any atom is -0.493 e. The molecule has 1 amide bonds. The highest BCUT2D eigenvalue weighted by Gasteiger charge is 2.19. The summed E-state index contributed by atoms with van der Waals surface area (Å²) in [6.45, 7) is -0.422. The van der Waals surface area contributed by atoms with Crippen molar-refractivity contribution < 1.29 is 24.1 Å². The lowest BCUT2D eigenvalue weighted by Gasteiger charge is -2.11. The first-order chi connectivity index (χ1) is 16.7. The van der Waals surface area contributed by atoms with Crippen LogP contribution in [-0.2, 0) is 4.79 Å². The second-order valence-electron chi connectivity index (χ2n) is 6.82. The maximum absolute atomic E-state index is 12.2. The summed E-state index contributed by atoms with van der Waals surface area (Å²) in [5.74, 6) is -0.138. The van der Waals surface area contributed by atoms with Gasteiger partial charge < -0.3 is 19.8 Å². The number of nitro benzene ring substituents is 1. The van der Waals surface area contributed by atoms with E-state index in [2.05, 4.69) is 10.3 Å². The predicted molar refractivity (Wildman–Crippen MR) is 123 cm³/mol. The summed E-state index contributed by atoms with van der Waals surface area (Å²) in [6.07, 6.45) is 2.59. The SMILES string of the molecule is COc1cc(/C=C/c2[nH]c(=O)[nH]c(=O)c2[N+](=O)[O-])ccc1OCC(=O)Nc1cccc([N+](=O)[O-])c1. The summed E-state index contributed by atoms with van der Waals surface area (Å²) < 4.78 is 10.7. The lowest BCUT2D eigenvalue weighted by Crippen LogP contribution is -2.25. The summed E-state index contributed by atoms with van der Waals surface area (Å²) >= 11 is 0. The van der Waals surface area contributed by atoms with Gasteiger partial charge in [0.2, 0.25) is 0 Å². The molecule has 14 nitrogen and oxygen atoms in total. The molecule has 0 fully saturated rings. The Morgan fingerprint density at radius 1 is 1.03 bits per heavy atom. The number of benzene rings is 2. The van der Waals surface area contributed by atoms with Gasteiger partial charge in [-0.05, 0) is 29.8 Å². The van der Waals surface area contributed by atoms with Crippen LogP contribution in [0.4, 0.5) is 17.1 Å². The Morgan fingerprint density at radius 3 is 2.49 bits per heavy atom. The van der Waals surface area contributed by atoms with Gasteiger partial charge in [-0.3, -0.25) is 34.8 Å². The molecule has 1 aromatic heterocycles. The molecule has 3 rings (SSSR count). The van der Waals surface area contributed by atoms with Crippen molar-refractivity contribution >= 4 is 35.1 Å². The number of methoxy groups -OCH3 is 1. The molecule has 0 aliphatic rings. The van der Waals surface area contributed by atoms with Crippen LogP contribution in [0.3, 0.4) is 0 Å². The van der Waals surface area contributed by atoms with Gasteiger partial charge in [0.1, 0.15) is 5.69 Å². The largest absolute Gasteiger partial charge is 0.493 e. The molecule has 14 heteroatoms. The van der Waals surface area contributed by atoms with Gasteiger partial charge in [0, 0.05) is 17.8 Å². The van der Waals surface area contributed by atoms with Gasteiger partial charge in [-0.15, -0.1) is 0 Å². The highest BCUT2D eigenvalue weighted by atomic mass is 16.6. The molecule has 0 aliphatic heterocycles. The van der Waals surface area contributed by atoms with Crippen LogP contribution in [-0.4, -0.2) is 39.4 Å². The van der Waals surface area contributed by atoms with E-state index >= 15 is 0 Å². The molecule has 0 saturated heterocycles. The van der Waals surface area contributed by atoms with Crippen molar-refractivity contribution in [1.29, 1.82) is 0 Å². The molecule has 2 aromatic carbocycles. The maximum atomic E-state index is 12.2. The third-order valence-corrected chi connectivity index (χ3v) is 4.46. The van der Waals surface area contributed by atoms with E-state index in [1.165, 1.54) is 55.7 Å². The zero-order valence-corrected chi connectivity index (χ0v) is 18.0. The van der Waals surface area contributed by atoms with Gasteiger partial charge in [0.25, 0.3) is 11.6 Å². The fraction of sp³-hybridized carbons (Fsp3) is 0.0952. The molecule has 180 valence electrons. The zero-order valence-electron chi connectivity index (χ0n) is 18.0. The van der Waals surface area contributed by atoms with Crippen LogP contribution in [0.1, 0.15) is 11.3 Å². The fourth-order valence-electron chi connectivity index (χ4n) is 2.92.